The summed E-state index contributed by atoms with van der Waals surface area (Å²) in [6.45, 7) is 7.89. The van der Waals surface area contributed by atoms with Crippen molar-refractivity contribution in [3.63, 3.8) is 0 Å². The topological polar surface area (TPSA) is 75.6 Å². The van der Waals surface area contributed by atoms with E-state index in [0.29, 0.717) is 43.3 Å². The van der Waals surface area contributed by atoms with Crippen LogP contribution in [-0.4, -0.2) is 58.5 Å². The third-order valence-electron chi connectivity index (χ3n) is 4.15. The van der Waals surface area contributed by atoms with Gasteiger partial charge < -0.3 is 14.5 Å². The lowest BCUT2D eigenvalue weighted by Crippen LogP contribution is -2.50. The van der Waals surface area contributed by atoms with Gasteiger partial charge in [0.1, 0.15) is 5.60 Å². The SMILES string of the molecule is CC(C)(C)OC(=O)N1CCN(c2ncc(C(=O)c3ccccc3)cn2)CC1. The molecule has 7 heteroatoms. The van der Waals surface area contributed by atoms with Gasteiger partial charge in [-0.3, -0.25) is 4.79 Å². The zero-order valence-corrected chi connectivity index (χ0v) is 15.9. The average molecular weight is 368 g/mol. The summed E-state index contributed by atoms with van der Waals surface area (Å²) >= 11 is 0. The molecule has 0 unspecified atom stereocenters. The molecule has 0 atom stereocenters. The van der Waals surface area contributed by atoms with E-state index in [9.17, 15) is 9.59 Å². The maximum atomic E-state index is 12.4. The molecule has 1 aromatic heterocycles. The van der Waals surface area contributed by atoms with Gasteiger partial charge in [0.25, 0.3) is 0 Å². The molecule has 1 saturated heterocycles. The van der Waals surface area contributed by atoms with Crippen molar-refractivity contribution >= 4 is 17.8 Å². The van der Waals surface area contributed by atoms with Gasteiger partial charge in [-0.1, -0.05) is 30.3 Å². The van der Waals surface area contributed by atoms with Crippen LogP contribution in [0.1, 0.15) is 36.7 Å². The van der Waals surface area contributed by atoms with Crippen LogP contribution in [0.5, 0.6) is 0 Å². The van der Waals surface area contributed by atoms with Crippen molar-refractivity contribution in [2.24, 2.45) is 0 Å². The number of carbonyl (C=O) groups is 2. The third kappa shape index (κ3) is 4.81. The van der Waals surface area contributed by atoms with E-state index in [2.05, 4.69) is 9.97 Å². The predicted octanol–water partition coefficient (Wildman–Crippen LogP) is 2.76. The molecule has 0 N–H and O–H groups in total. The van der Waals surface area contributed by atoms with Crippen LogP contribution in [0, 0.1) is 0 Å². The zero-order valence-electron chi connectivity index (χ0n) is 15.9. The number of ether oxygens (including phenoxy) is 1. The monoisotopic (exact) mass is 368 g/mol. The molecule has 1 aromatic carbocycles. The minimum Gasteiger partial charge on any atom is -0.444 e. The quantitative estimate of drug-likeness (QED) is 0.776. The van der Waals surface area contributed by atoms with Crippen LogP contribution < -0.4 is 4.90 Å². The number of anilines is 1. The molecule has 0 aliphatic carbocycles. The average Bonchev–Trinajstić information content (AvgIpc) is 2.67. The molecule has 2 aromatic rings. The van der Waals surface area contributed by atoms with Gasteiger partial charge >= 0.3 is 6.09 Å². The minimum atomic E-state index is -0.502. The number of rotatable bonds is 3. The highest BCUT2D eigenvalue weighted by atomic mass is 16.6. The molecule has 1 aliphatic rings. The predicted molar refractivity (Wildman–Crippen MR) is 102 cm³/mol. The first-order valence-corrected chi connectivity index (χ1v) is 8.98. The summed E-state index contributed by atoms with van der Waals surface area (Å²) in [6.07, 6.45) is 2.81. The van der Waals surface area contributed by atoms with Gasteiger partial charge in [0, 0.05) is 44.1 Å². The molecule has 7 nitrogen and oxygen atoms in total. The van der Waals surface area contributed by atoms with Crippen molar-refractivity contribution in [1.82, 2.24) is 14.9 Å². The van der Waals surface area contributed by atoms with Gasteiger partial charge in [-0.25, -0.2) is 14.8 Å². The molecule has 27 heavy (non-hydrogen) atoms. The summed E-state index contributed by atoms with van der Waals surface area (Å²) in [5, 5.41) is 0. The summed E-state index contributed by atoms with van der Waals surface area (Å²) in [5.41, 5.74) is 0.565. The Kier molecular flexibility index (Phi) is 5.39. The normalized spacial score (nSPS) is 14.8. The van der Waals surface area contributed by atoms with E-state index in [1.54, 1.807) is 29.4 Å². The Morgan fingerprint density at radius 1 is 0.926 bits per heavy atom. The smallest absolute Gasteiger partial charge is 0.410 e. The number of benzene rings is 1. The number of hydrogen-bond donors (Lipinski definition) is 0. The highest BCUT2D eigenvalue weighted by molar-refractivity contribution is 6.08. The molecule has 0 spiro atoms. The number of nitrogens with zero attached hydrogens (tertiary/aromatic N) is 4. The van der Waals surface area contributed by atoms with Crippen molar-refractivity contribution < 1.29 is 14.3 Å². The molecule has 0 bridgehead atoms. The van der Waals surface area contributed by atoms with Gasteiger partial charge in [-0.15, -0.1) is 0 Å². The molecular formula is C20H24N4O3. The highest BCUT2D eigenvalue weighted by Crippen LogP contribution is 2.15. The Morgan fingerprint density at radius 2 is 1.52 bits per heavy atom. The first-order chi connectivity index (χ1) is 12.8. The molecular weight excluding hydrogens is 344 g/mol. The largest absolute Gasteiger partial charge is 0.444 e. The Labute approximate surface area is 159 Å². The summed E-state index contributed by atoms with van der Waals surface area (Å²) in [7, 11) is 0. The van der Waals surface area contributed by atoms with Crippen molar-refractivity contribution in [2.45, 2.75) is 26.4 Å². The van der Waals surface area contributed by atoms with Crippen molar-refractivity contribution in [3.05, 3.63) is 53.9 Å². The fourth-order valence-electron chi connectivity index (χ4n) is 2.77. The van der Waals surface area contributed by atoms with Crippen LogP contribution in [0.4, 0.5) is 10.7 Å². The second kappa shape index (κ2) is 7.73. The number of amides is 1. The van der Waals surface area contributed by atoms with E-state index in [4.69, 9.17) is 4.74 Å². The number of carbonyl (C=O) groups excluding carboxylic acids is 2. The number of ketones is 1. The molecule has 0 radical (unpaired) electrons. The summed E-state index contributed by atoms with van der Waals surface area (Å²) in [4.78, 5) is 36.9. The standard InChI is InChI=1S/C20H24N4O3/c1-20(2,3)27-19(26)24-11-9-23(10-12-24)18-21-13-16(14-22-18)17(25)15-7-5-4-6-8-15/h4-8,13-14H,9-12H2,1-3H3. The molecule has 2 heterocycles. The Bertz CT molecular complexity index is 792. The van der Waals surface area contributed by atoms with E-state index in [-0.39, 0.29) is 11.9 Å². The van der Waals surface area contributed by atoms with Crippen molar-refractivity contribution in [2.75, 3.05) is 31.1 Å². The molecule has 1 aliphatic heterocycles. The van der Waals surface area contributed by atoms with E-state index >= 15 is 0 Å². The summed E-state index contributed by atoms with van der Waals surface area (Å²) < 4.78 is 5.40. The summed E-state index contributed by atoms with van der Waals surface area (Å²) in [6, 6.07) is 9.06. The van der Waals surface area contributed by atoms with E-state index in [1.165, 1.54) is 0 Å². The van der Waals surface area contributed by atoms with Crippen LogP contribution in [-0.2, 0) is 4.74 Å². The first-order valence-electron chi connectivity index (χ1n) is 8.98. The minimum absolute atomic E-state index is 0.100. The van der Waals surface area contributed by atoms with E-state index in [1.807, 2.05) is 43.9 Å². The van der Waals surface area contributed by atoms with Gasteiger partial charge in [0.05, 0.1) is 5.56 Å². The maximum Gasteiger partial charge on any atom is 0.410 e. The van der Waals surface area contributed by atoms with Gasteiger partial charge in [-0.05, 0) is 20.8 Å². The lowest BCUT2D eigenvalue weighted by Gasteiger charge is -2.35. The number of hydrogen-bond acceptors (Lipinski definition) is 6. The number of aromatic nitrogens is 2. The Hall–Kier alpha value is -2.96. The van der Waals surface area contributed by atoms with Gasteiger partial charge in [0.15, 0.2) is 5.78 Å². The first kappa shape index (κ1) is 18.8. The molecule has 142 valence electrons. The second-order valence-electron chi connectivity index (χ2n) is 7.42. The molecule has 1 fully saturated rings. The van der Waals surface area contributed by atoms with Gasteiger partial charge in [0.2, 0.25) is 5.95 Å². The zero-order chi connectivity index (χ0) is 19.4. The third-order valence-corrected chi connectivity index (χ3v) is 4.15. The molecule has 0 saturated carbocycles. The summed E-state index contributed by atoms with van der Waals surface area (Å²) in [5.74, 6) is 0.459. The van der Waals surface area contributed by atoms with Crippen LogP contribution in [0.25, 0.3) is 0 Å². The lowest BCUT2D eigenvalue weighted by molar-refractivity contribution is 0.0240. The van der Waals surface area contributed by atoms with Crippen LogP contribution in [0.15, 0.2) is 42.7 Å². The Morgan fingerprint density at radius 3 is 2.07 bits per heavy atom. The van der Waals surface area contributed by atoms with Gasteiger partial charge in [-0.2, -0.15) is 0 Å². The molecule has 3 rings (SSSR count). The highest BCUT2D eigenvalue weighted by Gasteiger charge is 2.26. The molecule has 1 amide bonds. The van der Waals surface area contributed by atoms with E-state index in [0.717, 1.165) is 0 Å². The maximum absolute atomic E-state index is 12.4. The Balaban J connectivity index is 1.59. The second-order valence-corrected chi connectivity index (χ2v) is 7.42. The number of piperazine rings is 1. The van der Waals surface area contributed by atoms with E-state index < -0.39 is 5.60 Å². The fraction of sp³-hybridized carbons (Fsp3) is 0.400. The van der Waals surface area contributed by atoms with Crippen LogP contribution >= 0.6 is 0 Å². The van der Waals surface area contributed by atoms with Crippen molar-refractivity contribution in [3.8, 4) is 0 Å². The van der Waals surface area contributed by atoms with Crippen LogP contribution in [0.3, 0.4) is 0 Å². The fourth-order valence-corrected chi connectivity index (χ4v) is 2.77. The lowest BCUT2D eigenvalue weighted by atomic mass is 10.1. The van der Waals surface area contributed by atoms with Crippen molar-refractivity contribution in [1.29, 1.82) is 0 Å². The van der Waals surface area contributed by atoms with Crippen LogP contribution in [0.2, 0.25) is 0 Å².